The average molecular weight is 313 g/mol. The molecule has 0 saturated carbocycles. The Morgan fingerprint density at radius 1 is 1.14 bits per heavy atom. The number of carbonyl (C=O) groups is 1. The second kappa shape index (κ2) is 5.99. The largest absolute Gasteiger partial charge is 0.321 e. The van der Waals surface area contributed by atoms with E-state index in [2.05, 4.69) is 15.6 Å². The van der Waals surface area contributed by atoms with E-state index in [0.29, 0.717) is 16.3 Å². The summed E-state index contributed by atoms with van der Waals surface area (Å²) < 4.78 is 1.70. The van der Waals surface area contributed by atoms with Crippen molar-refractivity contribution in [3.8, 4) is 5.69 Å². The van der Waals surface area contributed by atoms with Gasteiger partial charge in [-0.25, -0.2) is 4.68 Å². The van der Waals surface area contributed by atoms with Crippen LogP contribution in [0.1, 0.15) is 16.1 Å². The molecule has 5 nitrogen and oxygen atoms in total. The number of halogens is 1. The van der Waals surface area contributed by atoms with E-state index in [4.69, 9.17) is 11.6 Å². The van der Waals surface area contributed by atoms with Gasteiger partial charge in [0.1, 0.15) is 0 Å². The molecule has 1 aromatic heterocycles. The Morgan fingerprint density at radius 3 is 2.50 bits per heavy atom. The summed E-state index contributed by atoms with van der Waals surface area (Å²) in [5, 5.41) is 11.1. The van der Waals surface area contributed by atoms with Crippen molar-refractivity contribution in [2.45, 2.75) is 6.92 Å². The van der Waals surface area contributed by atoms with Gasteiger partial charge in [-0.1, -0.05) is 28.9 Å². The van der Waals surface area contributed by atoms with Gasteiger partial charge in [-0.15, -0.1) is 5.10 Å². The van der Waals surface area contributed by atoms with Crippen molar-refractivity contribution in [3.63, 3.8) is 0 Å². The summed E-state index contributed by atoms with van der Waals surface area (Å²) in [5.41, 5.74) is 2.91. The van der Waals surface area contributed by atoms with Crippen LogP contribution in [0.3, 0.4) is 0 Å². The third kappa shape index (κ3) is 2.84. The fourth-order valence-electron chi connectivity index (χ4n) is 2.05. The van der Waals surface area contributed by atoms with Crippen molar-refractivity contribution in [1.29, 1.82) is 0 Å². The van der Waals surface area contributed by atoms with Gasteiger partial charge < -0.3 is 5.32 Å². The molecular weight excluding hydrogens is 300 g/mol. The monoisotopic (exact) mass is 312 g/mol. The normalized spacial score (nSPS) is 10.5. The predicted octanol–water partition coefficient (Wildman–Crippen LogP) is 3.48. The zero-order valence-electron chi connectivity index (χ0n) is 11.8. The maximum atomic E-state index is 12.2. The third-order valence-corrected chi connectivity index (χ3v) is 3.55. The summed E-state index contributed by atoms with van der Waals surface area (Å²) in [6.07, 6.45) is 1.68. The number of aromatic nitrogens is 3. The molecule has 0 unspecified atom stereocenters. The van der Waals surface area contributed by atoms with E-state index in [1.165, 1.54) is 0 Å². The van der Waals surface area contributed by atoms with Crippen LogP contribution in [-0.4, -0.2) is 20.9 Å². The van der Waals surface area contributed by atoms with Crippen molar-refractivity contribution in [2.75, 3.05) is 5.32 Å². The van der Waals surface area contributed by atoms with Crippen LogP contribution in [0.4, 0.5) is 5.69 Å². The fraction of sp³-hybridized carbons (Fsp3) is 0.0625. The summed E-state index contributed by atoms with van der Waals surface area (Å²) in [7, 11) is 0. The molecule has 2 aromatic carbocycles. The van der Waals surface area contributed by atoms with Crippen molar-refractivity contribution >= 4 is 23.2 Å². The van der Waals surface area contributed by atoms with Crippen LogP contribution < -0.4 is 5.32 Å². The molecule has 0 atom stereocenters. The maximum Gasteiger partial charge on any atom is 0.255 e. The van der Waals surface area contributed by atoms with Gasteiger partial charge in [-0.3, -0.25) is 4.79 Å². The number of anilines is 1. The molecule has 0 fully saturated rings. The Morgan fingerprint density at radius 2 is 1.86 bits per heavy atom. The number of hydrogen-bond donors (Lipinski definition) is 1. The molecule has 0 aliphatic rings. The number of para-hydroxylation sites is 1. The number of rotatable bonds is 3. The van der Waals surface area contributed by atoms with Crippen molar-refractivity contribution in [1.82, 2.24) is 15.0 Å². The number of carbonyl (C=O) groups excluding carboxylic acids is 1. The summed E-state index contributed by atoms with van der Waals surface area (Å²) in [4.78, 5) is 12.2. The van der Waals surface area contributed by atoms with Gasteiger partial charge in [0.25, 0.3) is 5.91 Å². The molecule has 0 saturated heterocycles. The van der Waals surface area contributed by atoms with Gasteiger partial charge in [0.15, 0.2) is 0 Å². The minimum atomic E-state index is -0.213. The van der Waals surface area contributed by atoms with Gasteiger partial charge in [0.2, 0.25) is 0 Å². The van der Waals surface area contributed by atoms with Crippen LogP contribution in [0.25, 0.3) is 5.69 Å². The first kappa shape index (κ1) is 14.3. The molecule has 3 aromatic rings. The lowest BCUT2D eigenvalue weighted by Gasteiger charge is -2.08. The summed E-state index contributed by atoms with van der Waals surface area (Å²) in [5.74, 6) is -0.213. The molecular formula is C16H13ClN4O. The number of benzene rings is 2. The predicted molar refractivity (Wildman–Crippen MR) is 85.5 cm³/mol. The first-order valence-electron chi connectivity index (χ1n) is 6.69. The Balaban J connectivity index is 1.80. The van der Waals surface area contributed by atoms with E-state index >= 15 is 0 Å². The summed E-state index contributed by atoms with van der Waals surface area (Å²) in [6, 6.07) is 14.2. The van der Waals surface area contributed by atoms with Crippen LogP contribution in [-0.2, 0) is 0 Å². The number of hydrogen-bond acceptors (Lipinski definition) is 3. The second-order valence-corrected chi connectivity index (χ2v) is 5.18. The first-order valence-corrected chi connectivity index (χ1v) is 7.06. The maximum absolute atomic E-state index is 12.2. The molecule has 1 N–H and O–H groups in total. The highest BCUT2D eigenvalue weighted by Gasteiger charge is 2.09. The lowest BCUT2D eigenvalue weighted by atomic mass is 10.2. The highest BCUT2D eigenvalue weighted by Crippen LogP contribution is 2.21. The zero-order valence-corrected chi connectivity index (χ0v) is 12.6. The van der Waals surface area contributed by atoms with Crippen molar-refractivity contribution < 1.29 is 4.79 Å². The SMILES string of the molecule is Cc1cnnn1-c1ccc(C(=O)Nc2ccccc2Cl)cc1. The minimum absolute atomic E-state index is 0.213. The zero-order chi connectivity index (χ0) is 15.5. The smallest absolute Gasteiger partial charge is 0.255 e. The quantitative estimate of drug-likeness (QED) is 0.805. The molecule has 0 aliphatic heterocycles. The molecule has 0 radical (unpaired) electrons. The second-order valence-electron chi connectivity index (χ2n) is 4.77. The summed E-state index contributed by atoms with van der Waals surface area (Å²) in [6.45, 7) is 1.91. The van der Waals surface area contributed by atoms with Gasteiger partial charge >= 0.3 is 0 Å². The Bertz CT molecular complexity index is 811. The van der Waals surface area contributed by atoms with Gasteiger partial charge in [0.05, 0.1) is 28.3 Å². The fourth-order valence-corrected chi connectivity index (χ4v) is 2.24. The van der Waals surface area contributed by atoms with Crippen LogP contribution in [0.2, 0.25) is 5.02 Å². The molecule has 6 heteroatoms. The average Bonchev–Trinajstić information content (AvgIpc) is 2.96. The van der Waals surface area contributed by atoms with Crippen LogP contribution in [0.15, 0.2) is 54.7 Å². The molecule has 0 bridgehead atoms. The van der Waals surface area contributed by atoms with Crippen LogP contribution >= 0.6 is 11.6 Å². The van der Waals surface area contributed by atoms with E-state index in [-0.39, 0.29) is 5.91 Å². The molecule has 1 amide bonds. The Labute approximate surface area is 132 Å². The number of nitrogens with zero attached hydrogens (tertiary/aromatic N) is 3. The minimum Gasteiger partial charge on any atom is -0.321 e. The highest BCUT2D eigenvalue weighted by atomic mass is 35.5. The lowest BCUT2D eigenvalue weighted by molar-refractivity contribution is 0.102. The van der Waals surface area contributed by atoms with E-state index in [1.54, 1.807) is 35.1 Å². The topological polar surface area (TPSA) is 59.8 Å². The van der Waals surface area contributed by atoms with E-state index < -0.39 is 0 Å². The van der Waals surface area contributed by atoms with E-state index in [0.717, 1.165) is 11.4 Å². The highest BCUT2D eigenvalue weighted by molar-refractivity contribution is 6.33. The Kier molecular flexibility index (Phi) is 3.89. The van der Waals surface area contributed by atoms with Gasteiger partial charge in [0, 0.05) is 5.56 Å². The van der Waals surface area contributed by atoms with Crippen LogP contribution in [0, 0.1) is 6.92 Å². The standard InChI is InChI=1S/C16H13ClN4O/c1-11-10-18-20-21(11)13-8-6-12(7-9-13)16(22)19-15-5-3-2-4-14(15)17/h2-10H,1H3,(H,19,22). The molecule has 3 rings (SSSR count). The first-order chi connectivity index (χ1) is 10.6. The van der Waals surface area contributed by atoms with Gasteiger partial charge in [-0.05, 0) is 43.3 Å². The Hall–Kier alpha value is -2.66. The van der Waals surface area contributed by atoms with Gasteiger partial charge in [-0.2, -0.15) is 0 Å². The molecule has 22 heavy (non-hydrogen) atoms. The van der Waals surface area contributed by atoms with Crippen LogP contribution in [0.5, 0.6) is 0 Å². The lowest BCUT2D eigenvalue weighted by Crippen LogP contribution is -2.12. The summed E-state index contributed by atoms with van der Waals surface area (Å²) >= 11 is 6.03. The molecule has 1 heterocycles. The van der Waals surface area contributed by atoms with E-state index in [1.807, 2.05) is 31.2 Å². The molecule has 0 spiro atoms. The van der Waals surface area contributed by atoms with Crippen molar-refractivity contribution in [3.05, 3.63) is 71.0 Å². The number of amides is 1. The number of aryl methyl sites for hydroxylation is 1. The van der Waals surface area contributed by atoms with Crippen molar-refractivity contribution in [2.24, 2.45) is 0 Å². The molecule has 110 valence electrons. The van der Waals surface area contributed by atoms with E-state index in [9.17, 15) is 4.79 Å². The third-order valence-electron chi connectivity index (χ3n) is 3.22. The number of nitrogens with one attached hydrogen (secondary N) is 1. The molecule has 0 aliphatic carbocycles.